The van der Waals surface area contributed by atoms with Crippen molar-refractivity contribution >= 4 is 53.4 Å². The fourth-order valence-electron chi connectivity index (χ4n) is 6.71. The van der Waals surface area contributed by atoms with Gasteiger partial charge in [0.2, 0.25) is 35.4 Å². The number of nitrogens with one attached hydrogen (secondary N) is 6. The van der Waals surface area contributed by atoms with Gasteiger partial charge >= 0.3 is 17.9 Å². The summed E-state index contributed by atoms with van der Waals surface area (Å²) >= 11 is 0. The molecule has 24 heteroatoms. The van der Waals surface area contributed by atoms with Gasteiger partial charge in [-0.05, 0) is 69.7 Å². The van der Waals surface area contributed by atoms with Crippen LogP contribution in [0.25, 0.3) is 0 Å². The van der Waals surface area contributed by atoms with Gasteiger partial charge in [-0.1, -0.05) is 12.1 Å². The molecule has 0 aliphatic carbocycles. The zero-order valence-electron chi connectivity index (χ0n) is 34.5. The standard InChI is InChI=1S/C39H56N10O14/c1-20(50)32(39(62)63)48-36(59)27(15-21-7-9-23(51)10-8-21)46-37(60)29-6-4-14-49(29)38(61)28(17-31(54)55)47-34(57)25(5-2-3-13-40)45-35(58)26(11-12-30(52)53)44-33(56)24(41)16-22-18-42-19-43-22/h7-10,18-20,24-29,32,50-51H,2-6,11-17,40-41H2,1H3,(H,42,43)(H,44,56)(H,45,58)(H,46,60)(H,47,57)(H,48,59)(H,52,53)(H,54,55)(H,62,63)/t20-,24+,25+,26+,27+,28+,29+,32+/m1/s1. The number of aliphatic hydroxyl groups excluding tert-OH is 1. The van der Waals surface area contributed by atoms with E-state index in [2.05, 4.69) is 36.6 Å². The second-order valence-electron chi connectivity index (χ2n) is 15.1. The maximum atomic E-state index is 14.1. The van der Waals surface area contributed by atoms with Crippen molar-refractivity contribution in [1.29, 1.82) is 0 Å². The number of carbonyl (C=O) groups is 9. The van der Waals surface area contributed by atoms with Crippen molar-refractivity contribution in [3.63, 3.8) is 0 Å². The van der Waals surface area contributed by atoms with Gasteiger partial charge in [0.05, 0.1) is 30.6 Å². The quantitative estimate of drug-likeness (QED) is 0.0409. The number of unbranched alkanes of at least 4 members (excludes halogenated alkanes) is 1. The van der Waals surface area contributed by atoms with Crippen LogP contribution in [-0.2, 0) is 56.0 Å². The maximum absolute atomic E-state index is 14.1. The Labute approximate surface area is 360 Å². The van der Waals surface area contributed by atoms with E-state index >= 15 is 0 Å². The highest BCUT2D eigenvalue weighted by Crippen LogP contribution is 2.21. The number of phenols is 1. The third-order valence-corrected chi connectivity index (χ3v) is 10.1. The molecule has 24 nitrogen and oxygen atoms in total. The summed E-state index contributed by atoms with van der Waals surface area (Å²) in [5.41, 5.74) is 12.5. The Morgan fingerprint density at radius 3 is 2.00 bits per heavy atom. The number of carbonyl (C=O) groups excluding carboxylic acids is 6. The van der Waals surface area contributed by atoms with E-state index in [1.807, 2.05) is 0 Å². The second kappa shape index (κ2) is 24.7. The Morgan fingerprint density at radius 1 is 0.810 bits per heavy atom. The number of aromatic hydroxyl groups is 1. The minimum Gasteiger partial charge on any atom is -0.508 e. The number of benzene rings is 1. The minimum absolute atomic E-state index is 0.0296. The van der Waals surface area contributed by atoms with E-state index in [0.717, 1.165) is 11.8 Å². The van der Waals surface area contributed by atoms with E-state index in [-0.39, 0.29) is 57.4 Å². The van der Waals surface area contributed by atoms with Crippen molar-refractivity contribution in [3.8, 4) is 5.75 Å². The molecule has 1 fully saturated rings. The normalized spacial score (nSPS) is 16.8. The van der Waals surface area contributed by atoms with Crippen molar-refractivity contribution in [2.24, 2.45) is 11.5 Å². The molecule has 15 N–H and O–H groups in total. The van der Waals surface area contributed by atoms with E-state index in [4.69, 9.17) is 11.5 Å². The van der Waals surface area contributed by atoms with Gasteiger partial charge in [-0.2, -0.15) is 0 Å². The molecule has 0 radical (unpaired) electrons. The Morgan fingerprint density at radius 2 is 1.43 bits per heavy atom. The van der Waals surface area contributed by atoms with Crippen LogP contribution in [0.4, 0.5) is 0 Å². The smallest absolute Gasteiger partial charge is 0.328 e. The van der Waals surface area contributed by atoms with Crippen LogP contribution in [0, 0.1) is 0 Å². The molecule has 6 amide bonds. The number of carboxylic acids is 3. The van der Waals surface area contributed by atoms with E-state index in [9.17, 15) is 68.7 Å². The number of aliphatic hydroxyl groups is 1. The van der Waals surface area contributed by atoms with Gasteiger partial charge in [-0.3, -0.25) is 38.4 Å². The number of carboxylic acid groups (broad SMARTS) is 3. The van der Waals surface area contributed by atoms with Crippen LogP contribution in [0.3, 0.4) is 0 Å². The van der Waals surface area contributed by atoms with Crippen molar-refractivity contribution in [1.82, 2.24) is 41.5 Å². The zero-order valence-corrected chi connectivity index (χ0v) is 34.5. The highest BCUT2D eigenvalue weighted by atomic mass is 16.4. The fraction of sp³-hybridized carbons (Fsp3) is 0.538. The fourth-order valence-corrected chi connectivity index (χ4v) is 6.71. The van der Waals surface area contributed by atoms with E-state index < -0.39 is 121 Å². The third kappa shape index (κ3) is 16.3. The Bertz CT molecular complexity index is 1910. The van der Waals surface area contributed by atoms with Crippen molar-refractivity contribution in [3.05, 3.63) is 48.0 Å². The van der Waals surface area contributed by atoms with Gasteiger partial charge in [0, 0.05) is 32.0 Å². The summed E-state index contributed by atoms with van der Waals surface area (Å²) in [4.78, 5) is 125. The lowest BCUT2D eigenvalue weighted by Crippen LogP contribution is -2.60. The van der Waals surface area contributed by atoms with Crippen LogP contribution in [0.5, 0.6) is 5.75 Å². The highest BCUT2D eigenvalue weighted by molar-refractivity contribution is 5.98. The molecule has 3 rings (SSSR count). The summed E-state index contributed by atoms with van der Waals surface area (Å²) < 4.78 is 0. The molecule has 346 valence electrons. The third-order valence-electron chi connectivity index (χ3n) is 10.1. The molecule has 2 aromatic rings. The summed E-state index contributed by atoms with van der Waals surface area (Å²) in [6, 6.07) is -4.92. The number of imidazole rings is 1. The summed E-state index contributed by atoms with van der Waals surface area (Å²) in [6.45, 7) is 1.26. The molecular formula is C39H56N10O14. The van der Waals surface area contributed by atoms with Gasteiger partial charge in [-0.25, -0.2) is 9.78 Å². The number of amides is 6. The number of nitrogens with zero attached hydrogens (tertiary/aromatic N) is 2. The van der Waals surface area contributed by atoms with Gasteiger partial charge in [0.25, 0.3) is 0 Å². The molecule has 0 bridgehead atoms. The summed E-state index contributed by atoms with van der Waals surface area (Å²) in [5.74, 6) is -10.1. The lowest BCUT2D eigenvalue weighted by molar-refractivity contribution is -0.146. The van der Waals surface area contributed by atoms with Crippen molar-refractivity contribution in [2.45, 2.75) is 120 Å². The van der Waals surface area contributed by atoms with Gasteiger partial charge in [0.1, 0.15) is 36.0 Å². The first kappa shape index (κ1) is 50.7. The molecule has 0 unspecified atom stereocenters. The monoisotopic (exact) mass is 888 g/mol. The first-order valence-electron chi connectivity index (χ1n) is 20.2. The number of phenolic OH excluding ortho intramolecular Hbond substituents is 1. The number of likely N-dealkylation sites (tertiary alicyclic amines) is 1. The zero-order chi connectivity index (χ0) is 46.8. The molecular weight excluding hydrogens is 832 g/mol. The van der Waals surface area contributed by atoms with Crippen LogP contribution in [0.1, 0.15) is 69.5 Å². The van der Waals surface area contributed by atoms with Crippen molar-refractivity contribution in [2.75, 3.05) is 13.1 Å². The largest absolute Gasteiger partial charge is 0.508 e. The van der Waals surface area contributed by atoms with Gasteiger partial charge in [0.15, 0.2) is 6.04 Å². The topological polar surface area (TPSA) is 399 Å². The van der Waals surface area contributed by atoms with Crippen molar-refractivity contribution < 1.29 is 68.7 Å². The molecule has 1 aliphatic heterocycles. The highest BCUT2D eigenvalue weighted by Gasteiger charge is 2.41. The first-order chi connectivity index (χ1) is 29.8. The molecule has 2 heterocycles. The van der Waals surface area contributed by atoms with Gasteiger partial charge in [-0.15, -0.1) is 0 Å². The van der Waals surface area contributed by atoms with Gasteiger partial charge < -0.3 is 73.5 Å². The van der Waals surface area contributed by atoms with E-state index in [1.165, 1.54) is 36.8 Å². The van der Waals surface area contributed by atoms with Crippen LogP contribution < -0.4 is 38.1 Å². The average Bonchev–Trinajstić information content (AvgIpc) is 3.93. The first-order valence-corrected chi connectivity index (χ1v) is 20.2. The van der Waals surface area contributed by atoms with E-state index in [1.54, 1.807) is 0 Å². The number of aromatic nitrogens is 2. The maximum Gasteiger partial charge on any atom is 0.328 e. The Balaban J connectivity index is 1.83. The summed E-state index contributed by atoms with van der Waals surface area (Å²) in [7, 11) is 0. The average molecular weight is 889 g/mol. The molecule has 1 aliphatic rings. The molecule has 0 saturated carbocycles. The second-order valence-corrected chi connectivity index (χ2v) is 15.1. The number of aromatic amines is 1. The number of aliphatic carboxylic acids is 3. The SMILES string of the molecule is C[C@@H](O)[C@H](NC(=O)[C@H](Cc1ccc(O)cc1)NC(=O)[C@@H]1CCCN1C(=O)[C@H](CC(=O)O)NC(=O)[C@H](CCCCN)NC(=O)[C@H](CCC(=O)O)NC(=O)[C@@H](N)Cc1c[nH]cn1)C(=O)O. The number of nitrogens with two attached hydrogens (primary N) is 2. The summed E-state index contributed by atoms with van der Waals surface area (Å²) in [5, 5.41) is 60.2. The Kier molecular flexibility index (Phi) is 19.9. The lowest BCUT2D eigenvalue weighted by Gasteiger charge is -2.30. The number of rotatable bonds is 26. The van der Waals surface area contributed by atoms with Crippen LogP contribution >= 0.6 is 0 Å². The molecule has 63 heavy (non-hydrogen) atoms. The predicted molar refractivity (Wildman–Crippen MR) is 218 cm³/mol. The lowest BCUT2D eigenvalue weighted by atomic mass is 10.0. The number of hydrogen-bond donors (Lipinski definition) is 13. The molecule has 0 spiro atoms. The van der Waals surface area contributed by atoms with Crippen LogP contribution in [0.15, 0.2) is 36.8 Å². The minimum atomic E-state index is -1.79. The molecule has 1 saturated heterocycles. The number of hydrogen-bond acceptors (Lipinski definition) is 14. The number of H-pyrrole nitrogens is 1. The molecule has 8 atom stereocenters. The molecule has 1 aromatic heterocycles. The summed E-state index contributed by atoms with van der Waals surface area (Å²) in [6.07, 6.45) is -0.0210. The predicted octanol–water partition coefficient (Wildman–Crippen LogP) is -3.42. The van der Waals surface area contributed by atoms with Crippen LogP contribution in [-0.4, -0.2) is 155 Å². The molecule has 1 aromatic carbocycles. The van der Waals surface area contributed by atoms with E-state index in [0.29, 0.717) is 17.7 Å². The Hall–Kier alpha value is -6.66. The van der Waals surface area contributed by atoms with Crippen LogP contribution in [0.2, 0.25) is 0 Å².